The van der Waals surface area contributed by atoms with Crippen LogP contribution in [0, 0.1) is 0 Å². The van der Waals surface area contributed by atoms with Crippen molar-refractivity contribution in [2.75, 3.05) is 6.61 Å². The van der Waals surface area contributed by atoms with Gasteiger partial charge in [0.25, 0.3) is 0 Å². The van der Waals surface area contributed by atoms with Crippen LogP contribution in [0.25, 0.3) is 0 Å². The number of ether oxygens (including phenoxy) is 6. The van der Waals surface area contributed by atoms with E-state index in [0.717, 1.165) is 59.9 Å². The molecule has 0 spiro atoms. The fraction of sp³-hybridized carbons (Fsp3) is 0.314. The zero-order valence-electron chi connectivity index (χ0n) is 35.7. The Bertz CT molecular complexity index is 2300. The topological polar surface area (TPSA) is 141 Å². The Labute approximate surface area is 362 Å². The molecule has 0 radical (unpaired) electrons. The second kappa shape index (κ2) is 21.3. The van der Waals surface area contributed by atoms with Gasteiger partial charge in [0.1, 0.15) is 12.7 Å². The molecular formula is C51H52O11. The van der Waals surface area contributed by atoms with Crippen LogP contribution in [0.1, 0.15) is 114 Å². The van der Waals surface area contributed by atoms with Crippen molar-refractivity contribution < 1.29 is 52.4 Å². The third kappa shape index (κ3) is 11.2. The molecule has 0 aliphatic carbocycles. The largest absolute Gasteiger partial charge is 0.459 e. The highest BCUT2D eigenvalue weighted by atomic mass is 16.7. The quantitative estimate of drug-likeness (QED) is 0.0695. The maximum Gasteiger partial charge on any atom is 0.340 e. The molecule has 11 heteroatoms. The average Bonchev–Trinajstić information content (AvgIpc) is 3.32. The van der Waals surface area contributed by atoms with E-state index in [0.29, 0.717) is 0 Å². The number of hydrogen-bond donors (Lipinski definition) is 0. The van der Waals surface area contributed by atoms with Crippen LogP contribution in [0.15, 0.2) is 121 Å². The Morgan fingerprint density at radius 1 is 0.371 bits per heavy atom. The van der Waals surface area contributed by atoms with E-state index < -0.39 is 67.2 Å². The molecule has 0 saturated carbocycles. The van der Waals surface area contributed by atoms with E-state index in [1.54, 1.807) is 109 Å². The van der Waals surface area contributed by atoms with Gasteiger partial charge in [0, 0.05) is 0 Å². The van der Waals surface area contributed by atoms with Gasteiger partial charge < -0.3 is 28.4 Å². The monoisotopic (exact) mass is 840 g/mol. The van der Waals surface area contributed by atoms with Crippen molar-refractivity contribution >= 4 is 29.8 Å². The normalized spacial score (nSPS) is 18.2. The first-order valence-electron chi connectivity index (χ1n) is 21.1. The van der Waals surface area contributed by atoms with Gasteiger partial charge >= 0.3 is 29.8 Å². The highest BCUT2D eigenvalue weighted by molar-refractivity contribution is 5.92. The fourth-order valence-corrected chi connectivity index (χ4v) is 6.88. The Morgan fingerprint density at radius 3 is 0.968 bits per heavy atom. The molecule has 5 aromatic rings. The van der Waals surface area contributed by atoms with Crippen LogP contribution in [0.5, 0.6) is 0 Å². The highest BCUT2D eigenvalue weighted by Crippen LogP contribution is 2.32. The minimum absolute atomic E-state index is 0.150. The van der Waals surface area contributed by atoms with Crippen LogP contribution in [0.4, 0.5) is 0 Å². The molecule has 5 atom stereocenters. The lowest BCUT2D eigenvalue weighted by atomic mass is 9.97. The van der Waals surface area contributed by atoms with Gasteiger partial charge in [-0.15, -0.1) is 0 Å². The third-order valence-corrected chi connectivity index (χ3v) is 10.9. The Morgan fingerprint density at radius 2 is 0.645 bits per heavy atom. The minimum Gasteiger partial charge on any atom is -0.459 e. The summed E-state index contributed by atoms with van der Waals surface area (Å²) in [7, 11) is 0. The van der Waals surface area contributed by atoms with Crippen LogP contribution >= 0.6 is 0 Å². The second-order valence-electron chi connectivity index (χ2n) is 14.9. The van der Waals surface area contributed by atoms with Crippen LogP contribution in [0.2, 0.25) is 0 Å². The Kier molecular flexibility index (Phi) is 15.4. The first kappa shape index (κ1) is 44.9. The van der Waals surface area contributed by atoms with Crippen molar-refractivity contribution in [1.82, 2.24) is 0 Å². The van der Waals surface area contributed by atoms with Gasteiger partial charge in [-0.05, 0) is 121 Å². The van der Waals surface area contributed by atoms with Gasteiger partial charge in [-0.1, -0.05) is 95.3 Å². The van der Waals surface area contributed by atoms with Gasteiger partial charge in [0.2, 0.25) is 12.4 Å². The van der Waals surface area contributed by atoms with Crippen molar-refractivity contribution in [3.8, 4) is 0 Å². The number of carbonyl (C=O) groups excluding carboxylic acids is 5. The van der Waals surface area contributed by atoms with E-state index >= 15 is 0 Å². The molecule has 0 N–H and O–H groups in total. The molecule has 5 aromatic carbocycles. The average molecular weight is 841 g/mol. The number of rotatable bonds is 16. The van der Waals surface area contributed by atoms with Crippen molar-refractivity contribution in [2.24, 2.45) is 0 Å². The summed E-state index contributed by atoms with van der Waals surface area (Å²) in [5.41, 5.74) is 5.81. The molecule has 62 heavy (non-hydrogen) atoms. The summed E-state index contributed by atoms with van der Waals surface area (Å²) < 4.78 is 36.7. The second-order valence-corrected chi connectivity index (χ2v) is 14.9. The SMILES string of the molecule is CCc1ccc(C(=O)OC[C@@H]2O[C@H](OC(=O)c3ccc(CC)cc3)[C@@H](OC(=O)c3ccc(CC)cc3)[C@H](OC(=O)c3ccc(CC)cc3)[C@H]2OC(=O)c2ccc(CC)cc2)cc1. The van der Waals surface area contributed by atoms with Gasteiger partial charge in [0.15, 0.2) is 12.2 Å². The predicted octanol–water partition coefficient (Wildman–Crippen LogP) is 8.91. The summed E-state index contributed by atoms with van der Waals surface area (Å²) in [6, 6.07) is 33.8. The van der Waals surface area contributed by atoms with E-state index in [2.05, 4.69) is 0 Å². The summed E-state index contributed by atoms with van der Waals surface area (Å²) in [6.07, 6.45) is -4.47. The Balaban J connectivity index is 1.43. The molecule has 1 aliphatic rings. The van der Waals surface area contributed by atoms with Crippen molar-refractivity contribution in [3.63, 3.8) is 0 Å². The van der Waals surface area contributed by atoms with E-state index in [1.807, 2.05) is 46.8 Å². The first-order valence-corrected chi connectivity index (χ1v) is 21.1. The molecule has 0 unspecified atom stereocenters. The predicted molar refractivity (Wildman–Crippen MR) is 231 cm³/mol. The third-order valence-electron chi connectivity index (χ3n) is 10.9. The lowest BCUT2D eigenvalue weighted by molar-refractivity contribution is -0.282. The maximum absolute atomic E-state index is 14.1. The van der Waals surface area contributed by atoms with Crippen molar-refractivity contribution in [2.45, 2.75) is 97.4 Å². The molecule has 322 valence electrons. The van der Waals surface area contributed by atoms with Gasteiger partial charge in [-0.25, -0.2) is 24.0 Å². The van der Waals surface area contributed by atoms with Crippen molar-refractivity contribution in [3.05, 3.63) is 177 Å². The molecule has 1 fully saturated rings. The zero-order chi connectivity index (χ0) is 44.2. The molecule has 0 bridgehead atoms. The minimum atomic E-state index is -1.76. The lowest BCUT2D eigenvalue weighted by Gasteiger charge is -2.43. The summed E-state index contributed by atoms with van der Waals surface area (Å²) >= 11 is 0. The van der Waals surface area contributed by atoms with Crippen LogP contribution < -0.4 is 0 Å². The van der Waals surface area contributed by atoms with Crippen molar-refractivity contribution in [1.29, 1.82) is 0 Å². The lowest BCUT2D eigenvalue weighted by Crippen LogP contribution is -2.63. The molecule has 1 aliphatic heterocycles. The van der Waals surface area contributed by atoms with E-state index in [4.69, 9.17) is 28.4 Å². The van der Waals surface area contributed by atoms with Gasteiger partial charge in [-0.2, -0.15) is 0 Å². The highest BCUT2D eigenvalue weighted by Gasteiger charge is 2.54. The van der Waals surface area contributed by atoms with Crippen LogP contribution in [-0.2, 0) is 60.5 Å². The zero-order valence-corrected chi connectivity index (χ0v) is 35.7. The summed E-state index contributed by atoms with van der Waals surface area (Å²) in [4.78, 5) is 69.6. The molecule has 11 nitrogen and oxygen atoms in total. The first-order chi connectivity index (χ1) is 30.0. The standard InChI is InChI=1S/C51H52O11/c1-6-32-11-21-37(22-12-32)46(52)57-31-42-43(59-47(53)38-23-13-33(7-2)14-24-38)44(60-48(54)39-25-15-34(8-3)16-26-39)45(61-49(55)40-27-17-35(9-4)18-28-40)51(58-42)62-50(56)41-29-19-36(10-5)20-30-41/h11-30,42-45,51H,6-10,31H2,1-5H3/t42-,43-,44+,45-,51+/m0/s1. The number of carbonyl (C=O) groups is 5. The number of hydrogen-bond acceptors (Lipinski definition) is 11. The summed E-state index contributed by atoms with van der Waals surface area (Å²) in [6.45, 7) is 9.35. The molecule has 1 saturated heterocycles. The molecule has 1 heterocycles. The molecule has 6 rings (SSSR count). The Hall–Kier alpha value is -6.59. The number of benzene rings is 5. The van der Waals surface area contributed by atoms with Crippen LogP contribution in [-0.4, -0.2) is 67.2 Å². The van der Waals surface area contributed by atoms with E-state index in [1.165, 1.54) is 0 Å². The van der Waals surface area contributed by atoms with Gasteiger partial charge in [-0.3, -0.25) is 0 Å². The fourth-order valence-electron chi connectivity index (χ4n) is 6.88. The molecular weight excluding hydrogens is 789 g/mol. The van der Waals surface area contributed by atoms with E-state index in [9.17, 15) is 24.0 Å². The number of esters is 5. The van der Waals surface area contributed by atoms with Crippen LogP contribution in [0.3, 0.4) is 0 Å². The smallest absolute Gasteiger partial charge is 0.340 e. The van der Waals surface area contributed by atoms with Gasteiger partial charge in [0.05, 0.1) is 27.8 Å². The van der Waals surface area contributed by atoms with E-state index in [-0.39, 0.29) is 27.8 Å². The molecule has 0 aromatic heterocycles. The maximum atomic E-state index is 14.1. The number of aryl methyl sites for hydroxylation is 5. The summed E-state index contributed by atoms with van der Waals surface area (Å²) in [5, 5.41) is 0. The molecule has 0 amide bonds. The summed E-state index contributed by atoms with van der Waals surface area (Å²) in [5.74, 6) is -4.09.